The normalized spacial score (nSPS) is 22.1. The van der Waals surface area contributed by atoms with Crippen molar-refractivity contribution in [2.24, 2.45) is 10.2 Å². The molecule has 0 aromatic rings. The van der Waals surface area contributed by atoms with Crippen LogP contribution in [0.1, 0.15) is 32.1 Å². The second-order valence-corrected chi connectivity index (χ2v) is 5.10. The van der Waals surface area contributed by atoms with E-state index in [4.69, 9.17) is 11.2 Å². The van der Waals surface area contributed by atoms with Crippen LogP contribution in [0.2, 0.25) is 0 Å². The second kappa shape index (κ2) is 6.39. The van der Waals surface area contributed by atoms with Crippen LogP contribution in [-0.2, 0) is 9.53 Å². The Hall–Kier alpha value is -2.36. The zero-order valence-electron chi connectivity index (χ0n) is 11.7. The van der Waals surface area contributed by atoms with E-state index < -0.39 is 17.8 Å². The van der Waals surface area contributed by atoms with Crippen molar-refractivity contribution in [3.63, 3.8) is 0 Å². The van der Waals surface area contributed by atoms with Crippen LogP contribution >= 0.6 is 0 Å². The first-order valence-electron chi connectivity index (χ1n) is 6.84. The van der Waals surface area contributed by atoms with E-state index in [1.807, 2.05) is 0 Å². The zero-order valence-corrected chi connectivity index (χ0v) is 11.7. The lowest BCUT2D eigenvalue weighted by atomic mass is 10.1. The van der Waals surface area contributed by atoms with Crippen molar-refractivity contribution in [1.82, 2.24) is 10.6 Å². The van der Waals surface area contributed by atoms with E-state index in [9.17, 15) is 9.59 Å². The molecule has 1 unspecified atom stereocenters. The SMILES string of the molecule is C#CCCC1(CCOC(=O)NC2CCC(=C)NC2=O)N=N1. The fourth-order valence-electron chi connectivity index (χ4n) is 2.07. The smallest absolute Gasteiger partial charge is 0.407 e. The number of nitrogens with one attached hydrogen (secondary N) is 2. The van der Waals surface area contributed by atoms with Gasteiger partial charge < -0.3 is 15.4 Å². The number of amides is 2. The Morgan fingerprint density at radius 1 is 1.57 bits per heavy atom. The summed E-state index contributed by atoms with van der Waals surface area (Å²) in [6.07, 6.45) is 7.51. The van der Waals surface area contributed by atoms with Crippen molar-refractivity contribution < 1.29 is 14.3 Å². The molecule has 0 aromatic carbocycles. The first-order valence-corrected chi connectivity index (χ1v) is 6.84. The maximum absolute atomic E-state index is 11.6. The lowest BCUT2D eigenvalue weighted by Gasteiger charge is -2.24. The van der Waals surface area contributed by atoms with Crippen molar-refractivity contribution >= 4 is 12.0 Å². The average molecular weight is 290 g/mol. The van der Waals surface area contributed by atoms with Crippen LogP contribution in [0, 0.1) is 12.3 Å². The summed E-state index contributed by atoms with van der Waals surface area (Å²) in [6.45, 7) is 3.86. The molecule has 1 atom stereocenters. The maximum Gasteiger partial charge on any atom is 0.407 e. The van der Waals surface area contributed by atoms with Gasteiger partial charge in [0, 0.05) is 25.0 Å². The van der Waals surface area contributed by atoms with E-state index in [0.29, 0.717) is 37.8 Å². The third-order valence-electron chi connectivity index (χ3n) is 3.43. The van der Waals surface area contributed by atoms with Crippen LogP contribution in [-0.4, -0.2) is 30.3 Å². The summed E-state index contributed by atoms with van der Waals surface area (Å²) < 4.78 is 5.05. The Bertz CT molecular complexity index is 515. The van der Waals surface area contributed by atoms with Gasteiger partial charge >= 0.3 is 6.09 Å². The van der Waals surface area contributed by atoms with E-state index in [1.165, 1.54) is 0 Å². The van der Waals surface area contributed by atoms with Crippen LogP contribution in [0.4, 0.5) is 4.79 Å². The Morgan fingerprint density at radius 2 is 2.33 bits per heavy atom. The number of ether oxygens (including phenoxy) is 1. The molecule has 0 spiro atoms. The van der Waals surface area contributed by atoms with Crippen LogP contribution in [0.15, 0.2) is 22.5 Å². The molecule has 0 saturated carbocycles. The fraction of sp³-hybridized carbons (Fsp3) is 0.571. The predicted molar refractivity (Wildman–Crippen MR) is 75.1 cm³/mol. The molecule has 0 bridgehead atoms. The van der Waals surface area contributed by atoms with E-state index in [0.717, 1.165) is 0 Å². The van der Waals surface area contributed by atoms with Crippen LogP contribution in [0.5, 0.6) is 0 Å². The standard InChI is InChI=1S/C14H18N4O3/c1-3-4-7-14(17-18-14)8-9-21-13(20)16-11-6-5-10(2)15-12(11)19/h1,11H,2,4-9H2,(H,15,19)(H,16,20). The number of rotatable bonds is 6. The van der Waals surface area contributed by atoms with Crippen molar-refractivity contribution in [3.8, 4) is 12.3 Å². The maximum atomic E-state index is 11.6. The van der Waals surface area contributed by atoms with Crippen molar-refractivity contribution in [3.05, 3.63) is 12.3 Å². The lowest BCUT2D eigenvalue weighted by Crippen LogP contribution is -2.49. The third kappa shape index (κ3) is 4.31. The molecule has 2 aliphatic heterocycles. The average Bonchev–Trinajstić information content (AvgIpc) is 3.20. The minimum absolute atomic E-state index is 0.185. The quantitative estimate of drug-likeness (QED) is 0.725. The van der Waals surface area contributed by atoms with E-state index in [-0.39, 0.29) is 12.5 Å². The molecule has 1 fully saturated rings. The summed E-state index contributed by atoms with van der Waals surface area (Å²) in [7, 11) is 0. The van der Waals surface area contributed by atoms with Gasteiger partial charge in [-0.05, 0) is 12.8 Å². The Balaban J connectivity index is 1.65. The molecule has 2 rings (SSSR count). The van der Waals surface area contributed by atoms with Gasteiger partial charge in [-0.25, -0.2) is 4.79 Å². The summed E-state index contributed by atoms with van der Waals surface area (Å²) in [5.74, 6) is 2.27. The van der Waals surface area contributed by atoms with Gasteiger partial charge in [0.05, 0.1) is 6.61 Å². The minimum atomic E-state index is -0.615. The van der Waals surface area contributed by atoms with Crippen molar-refractivity contribution in [2.75, 3.05) is 6.61 Å². The summed E-state index contributed by atoms with van der Waals surface area (Å²) in [6, 6.07) is -0.575. The van der Waals surface area contributed by atoms with Gasteiger partial charge in [-0.2, -0.15) is 10.2 Å². The van der Waals surface area contributed by atoms with Crippen LogP contribution < -0.4 is 10.6 Å². The number of carbonyl (C=O) groups excluding carboxylic acids is 2. The number of nitrogens with zero attached hydrogens (tertiary/aromatic N) is 2. The first kappa shape index (κ1) is 15.0. The number of allylic oxidation sites excluding steroid dienone is 1. The second-order valence-electron chi connectivity index (χ2n) is 5.10. The van der Waals surface area contributed by atoms with Gasteiger partial charge in [0.25, 0.3) is 0 Å². The highest BCUT2D eigenvalue weighted by atomic mass is 16.5. The number of carbonyl (C=O) groups is 2. The van der Waals surface area contributed by atoms with Gasteiger partial charge in [0.15, 0.2) is 5.66 Å². The van der Waals surface area contributed by atoms with E-state index >= 15 is 0 Å². The molecular weight excluding hydrogens is 272 g/mol. The molecule has 2 aliphatic rings. The van der Waals surface area contributed by atoms with Crippen LogP contribution in [0.25, 0.3) is 0 Å². The molecule has 2 amide bonds. The Kier molecular flexibility index (Phi) is 4.58. The number of alkyl carbamates (subject to hydrolysis) is 1. The van der Waals surface area contributed by atoms with Crippen LogP contribution in [0.3, 0.4) is 0 Å². The first-order chi connectivity index (χ1) is 10.0. The molecule has 0 aliphatic carbocycles. The largest absolute Gasteiger partial charge is 0.449 e. The van der Waals surface area contributed by atoms with E-state index in [1.54, 1.807) is 0 Å². The molecule has 2 heterocycles. The number of terminal acetylenes is 1. The molecule has 7 heteroatoms. The summed E-state index contributed by atoms with van der Waals surface area (Å²) in [4.78, 5) is 23.2. The molecule has 112 valence electrons. The molecular formula is C14H18N4O3. The number of hydrogen-bond donors (Lipinski definition) is 2. The Morgan fingerprint density at radius 3 is 2.95 bits per heavy atom. The van der Waals surface area contributed by atoms with Gasteiger partial charge in [-0.15, -0.1) is 12.3 Å². The fourth-order valence-corrected chi connectivity index (χ4v) is 2.07. The lowest BCUT2D eigenvalue weighted by molar-refractivity contribution is -0.123. The van der Waals surface area contributed by atoms with Crippen molar-refractivity contribution in [2.45, 2.75) is 43.8 Å². The molecule has 2 N–H and O–H groups in total. The predicted octanol–water partition coefficient (Wildman–Crippen LogP) is 1.47. The summed E-state index contributed by atoms with van der Waals surface area (Å²) >= 11 is 0. The highest BCUT2D eigenvalue weighted by Gasteiger charge is 2.39. The Labute approximate surface area is 123 Å². The van der Waals surface area contributed by atoms with Crippen molar-refractivity contribution in [1.29, 1.82) is 0 Å². The molecule has 0 radical (unpaired) electrons. The topological polar surface area (TPSA) is 92.2 Å². The summed E-state index contributed by atoms with van der Waals surface area (Å²) in [5.41, 5.74) is 0.200. The zero-order chi connectivity index (χ0) is 15.3. The molecule has 7 nitrogen and oxygen atoms in total. The van der Waals surface area contributed by atoms with Gasteiger partial charge in [0.1, 0.15) is 6.04 Å². The molecule has 21 heavy (non-hydrogen) atoms. The number of hydrogen-bond acceptors (Lipinski definition) is 5. The highest BCUT2D eigenvalue weighted by molar-refractivity contribution is 5.87. The minimum Gasteiger partial charge on any atom is -0.449 e. The van der Waals surface area contributed by atoms with Gasteiger partial charge in [-0.3, -0.25) is 4.79 Å². The molecule has 1 saturated heterocycles. The summed E-state index contributed by atoms with van der Waals surface area (Å²) in [5, 5.41) is 13.0. The third-order valence-corrected chi connectivity index (χ3v) is 3.43. The van der Waals surface area contributed by atoms with E-state index in [2.05, 4.69) is 33.4 Å². The monoisotopic (exact) mass is 290 g/mol. The van der Waals surface area contributed by atoms with Gasteiger partial charge in [0.2, 0.25) is 5.91 Å². The molecule has 0 aromatic heterocycles. The van der Waals surface area contributed by atoms with Gasteiger partial charge in [-0.1, -0.05) is 6.58 Å². The highest BCUT2D eigenvalue weighted by Crippen LogP contribution is 2.36. The number of piperidine rings is 1.